The molecule has 0 aromatic heterocycles. The number of carboxylic acids is 1. The van der Waals surface area contributed by atoms with Crippen LogP contribution in [0.15, 0.2) is 18.2 Å². The highest BCUT2D eigenvalue weighted by Crippen LogP contribution is 2.30. The topological polar surface area (TPSA) is 114 Å². The summed E-state index contributed by atoms with van der Waals surface area (Å²) in [7, 11) is 0. The summed E-state index contributed by atoms with van der Waals surface area (Å²) in [4.78, 5) is 22.9. The molecule has 0 spiro atoms. The molecule has 5 N–H and O–H groups in total. The minimum Gasteiger partial charge on any atom is -0.480 e. The van der Waals surface area contributed by atoms with Crippen molar-refractivity contribution in [1.29, 1.82) is 0 Å². The van der Waals surface area contributed by atoms with Crippen LogP contribution in [0.1, 0.15) is 32.8 Å². The third-order valence-electron chi connectivity index (χ3n) is 2.86. The van der Waals surface area contributed by atoms with Crippen LogP contribution < -0.4 is 16.4 Å². The largest absolute Gasteiger partial charge is 0.480 e. The molecule has 1 aromatic carbocycles. The van der Waals surface area contributed by atoms with E-state index < -0.39 is 30.1 Å². The van der Waals surface area contributed by atoms with Crippen LogP contribution in [0.5, 0.6) is 0 Å². The average molecular weight is 345 g/mol. The van der Waals surface area contributed by atoms with E-state index >= 15 is 0 Å². The Morgan fingerprint density at radius 3 is 2.46 bits per heavy atom. The van der Waals surface area contributed by atoms with Gasteiger partial charge in [-0.2, -0.15) is 0 Å². The third kappa shape index (κ3) is 5.90. The Hall–Kier alpha value is -2.58. The highest BCUT2D eigenvalue weighted by Gasteiger charge is 2.24. The molecule has 0 bridgehead atoms. The number of aliphatic carboxylic acids is 1. The monoisotopic (exact) mass is 345 g/mol. The van der Waals surface area contributed by atoms with E-state index in [-0.39, 0.29) is 23.5 Å². The standard InChI is InChI=1S/C15H21F2N3O4/c1-15(2,3)24-14(23)20-10(13(21)22)7-19-9-6-4-5-8(11(9)18)12(16)17/h4-6,10,12,19H,7,18H2,1-3H3,(H,20,23)(H,21,22). The maximum absolute atomic E-state index is 12.8. The summed E-state index contributed by atoms with van der Waals surface area (Å²) >= 11 is 0. The number of nitrogens with one attached hydrogen (secondary N) is 2. The zero-order valence-electron chi connectivity index (χ0n) is 13.6. The minimum atomic E-state index is -2.75. The van der Waals surface area contributed by atoms with Crippen molar-refractivity contribution >= 4 is 23.4 Å². The number of alkyl carbamates (subject to hydrolysis) is 1. The summed E-state index contributed by atoms with van der Waals surface area (Å²) in [5, 5.41) is 14.0. The van der Waals surface area contributed by atoms with E-state index in [2.05, 4.69) is 10.6 Å². The van der Waals surface area contributed by atoms with Gasteiger partial charge < -0.3 is 26.2 Å². The molecule has 1 unspecified atom stereocenters. The molecule has 1 aromatic rings. The van der Waals surface area contributed by atoms with Gasteiger partial charge in [0.25, 0.3) is 6.43 Å². The first-order valence-electron chi connectivity index (χ1n) is 7.14. The van der Waals surface area contributed by atoms with Crippen molar-refractivity contribution in [2.45, 2.75) is 38.8 Å². The van der Waals surface area contributed by atoms with E-state index in [0.29, 0.717) is 0 Å². The lowest BCUT2D eigenvalue weighted by Gasteiger charge is -2.22. The Morgan fingerprint density at radius 1 is 1.33 bits per heavy atom. The number of hydrogen-bond donors (Lipinski definition) is 4. The van der Waals surface area contributed by atoms with Crippen LogP contribution >= 0.6 is 0 Å². The fourth-order valence-corrected chi connectivity index (χ4v) is 1.79. The second-order valence-corrected chi connectivity index (χ2v) is 6.03. The molecule has 1 atom stereocenters. The van der Waals surface area contributed by atoms with E-state index in [9.17, 15) is 18.4 Å². The number of nitrogen functional groups attached to an aromatic ring is 1. The van der Waals surface area contributed by atoms with E-state index in [1.165, 1.54) is 18.2 Å². The molecule has 0 aliphatic rings. The Morgan fingerprint density at radius 2 is 1.96 bits per heavy atom. The Bertz CT molecular complexity index is 603. The highest BCUT2D eigenvalue weighted by atomic mass is 19.3. The van der Waals surface area contributed by atoms with Gasteiger partial charge in [-0.15, -0.1) is 0 Å². The van der Waals surface area contributed by atoms with Crippen molar-refractivity contribution in [3.05, 3.63) is 23.8 Å². The van der Waals surface area contributed by atoms with Crippen molar-refractivity contribution in [1.82, 2.24) is 5.32 Å². The summed E-state index contributed by atoms with van der Waals surface area (Å²) in [6.45, 7) is 4.65. The molecule has 0 aliphatic heterocycles. The van der Waals surface area contributed by atoms with Crippen LogP contribution in [0.2, 0.25) is 0 Å². The van der Waals surface area contributed by atoms with Gasteiger partial charge in [0.2, 0.25) is 0 Å². The number of benzene rings is 1. The van der Waals surface area contributed by atoms with Crippen LogP contribution in [0.4, 0.5) is 25.0 Å². The van der Waals surface area contributed by atoms with Crippen LogP contribution in [-0.4, -0.2) is 35.4 Å². The third-order valence-corrected chi connectivity index (χ3v) is 2.86. The highest BCUT2D eigenvalue weighted by molar-refractivity contribution is 5.81. The molecule has 134 valence electrons. The normalized spacial score (nSPS) is 12.6. The van der Waals surface area contributed by atoms with Gasteiger partial charge in [0.1, 0.15) is 11.6 Å². The van der Waals surface area contributed by atoms with Gasteiger partial charge in [-0.1, -0.05) is 12.1 Å². The number of para-hydroxylation sites is 1. The number of hydrogen-bond acceptors (Lipinski definition) is 5. The Balaban J connectivity index is 2.76. The Kier molecular flexibility index (Phi) is 6.33. The van der Waals surface area contributed by atoms with Crippen molar-refractivity contribution in [2.75, 3.05) is 17.6 Å². The number of carbonyl (C=O) groups is 2. The number of rotatable bonds is 6. The zero-order chi connectivity index (χ0) is 18.5. The van der Waals surface area contributed by atoms with Gasteiger partial charge in [-0.05, 0) is 26.8 Å². The number of amides is 1. The summed E-state index contributed by atoms with van der Waals surface area (Å²) in [6, 6.07) is 2.67. The maximum atomic E-state index is 12.8. The quantitative estimate of drug-likeness (QED) is 0.589. The van der Waals surface area contributed by atoms with E-state index in [4.69, 9.17) is 15.6 Å². The molecule has 0 radical (unpaired) electrons. The van der Waals surface area contributed by atoms with Gasteiger partial charge in [0.15, 0.2) is 0 Å². The number of nitrogens with two attached hydrogens (primary N) is 1. The number of ether oxygens (including phenoxy) is 1. The van der Waals surface area contributed by atoms with Gasteiger partial charge >= 0.3 is 12.1 Å². The number of halogens is 2. The van der Waals surface area contributed by atoms with Crippen molar-refractivity contribution in [3.63, 3.8) is 0 Å². The van der Waals surface area contributed by atoms with Gasteiger partial charge in [0, 0.05) is 12.1 Å². The Labute approximate surface area is 138 Å². The molecule has 0 saturated carbocycles. The molecule has 7 nitrogen and oxygen atoms in total. The van der Waals surface area contributed by atoms with Gasteiger partial charge in [-0.3, -0.25) is 0 Å². The second kappa shape index (κ2) is 7.80. The first kappa shape index (κ1) is 19.5. The SMILES string of the molecule is CC(C)(C)OC(=O)NC(CNc1cccc(C(F)F)c1N)C(=O)O. The first-order valence-corrected chi connectivity index (χ1v) is 7.14. The lowest BCUT2D eigenvalue weighted by Crippen LogP contribution is -2.47. The molecule has 1 rings (SSSR count). The summed E-state index contributed by atoms with van der Waals surface area (Å²) < 4.78 is 30.6. The van der Waals surface area contributed by atoms with E-state index in [1.54, 1.807) is 20.8 Å². The van der Waals surface area contributed by atoms with Gasteiger partial charge in [-0.25, -0.2) is 18.4 Å². The molecule has 9 heteroatoms. The van der Waals surface area contributed by atoms with Crippen LogP contribution in [0.25, 0.3) is 0 Å². The van der Waals surface area contributed by atoms with Crippen molar-refractivity contribution < 1.29 is 28.2 Å². The second-order valence-electron chi connectivity index (χ2n) is 6.03. The van der Waals surface area contributed by atoms with Crippen LogP contribution in [0, 0.1) is 0 Å². The summed E-state index contributed by atoms with van der Waals surface area (Å²) in [5.41, 5.74) is 4.48. The molecule has 0 aliphatic carbocycles. The van der Waals surface area contributed by atoms with E-state index in [1.807, 2.05) is 0 Å². The molecule has 1 amide bonds. The molecular weight excluding hydrogens is 324 g/mol. The van der Waals surface area contributed by atoms with Crippen molar-refractivity contribution in [3.8, 4) is 0 Å². The minimum absolute atomic E-state index is 0.157. The molecule has 0 fully saturated rings. The van der Waals surface area contributed by atoms with Crippen molar-refractivity contribution in [2.24, 2.45) is 0 Å². The number of anilines is 2. The lowest BCUT2D eigenvalue weighted by atomic mass is 10.1. The number of carbonyl (C=O) groups excluding carboxylic acids is 1. The molecule has 24 heavy (non-hydrogen) atoms. The molecular formula is C15H21F2N3O4. The lowest BCUT2D eigenvalue weighted by molar-refractivity contribution is -0.139. The fourth-order valence-electron chi connectivity index (χ4n) is 1.79. The molecule has 0 saturated heterocycles. The predicted octanol–water partition coefficient (Wildman–Crippen LogP) is 2.60. The first-order chi connectivity index (χ1) is 11.0. The number of carboxylic acid groups (broad SMARTS) is 1. The zero-order valence-corrected chi connectivity index (χ0v) is 13.6. The summed E-state index contributed by atoms with van der Waals surface area (Å²) in [6.07, 6.45) is -3.65. The van der Waals surface area contributed by atoms with Crippen LogP contribution in [-0.2, 0) is 9.53 Å². The average Bonchev–Trinajstić information content (AvgIpc) is 2.42. The fraction of sp³-hybridized carbons (Fsp3) is 0.467. The van der Waals surface area contributed by atoms with Crippen LogP contribution in [0.3, 0.4) is 0 Å². The molecule has 0 heterocycles. The maximum Gasteiger partial charge on any atom is 0.408 e. The van der Waals surface area contributed by atoms with Gasteiger partial charge in [0.05, 0.1) is 11.4 Å². The predicted molar refractivity (Wildman–Crippen MR) is 85.1 cm³/mol. The summed E-state index contributed by atoms with van der Waals surface area (Å²) in [5.74, 6) is -1.31. The smallest absolute Gasteiger partial charge is 0.408 e. The number of alkyl halides is 2. The van der Waals surface area contributed by atoms with E-state index in [0.717, 1.165) is 0 Å².